The number of aromatic nitrogens is 3. The monoisotopic (exact) mass is 946 g/mol. The number of nitrogens with one attached hydrogen (secondary N) is 1. The first kappa shape index (κ1) is 49.9. The Morgan fingerprint density at radius 1 is 0.768 bits per heavy atom. The van der Waals surface area contributed by atoms with Crippen LogP contribution in [0, 0.1) is 69.5 Å². The summed E-state index contributed by atoms with van der Waals surface area (Å²) in [6, 6.07) is 11.4. The Bertz CT molecular complexity index is 2380. The Morgan fingerprint density at radius 3 is 2.06 bits per heavy atom. The van der Waals surface area contributed by atoms with Crippen molar-refractivity contribution in [3.63, 3.8) is 0 Å². The van der Waals surface area contributed by atoms with E-state index in [9.17, 15) is 14.4 Å². The summed E-state index contributed by atoms with van der Waals surface area (Å²) in [6.45, 7) is 28.1. The number of aryl methyl sites for hydroxylation is 1. The maximum atomic E-state index is 15.0. The van der Waals surface area contributed by atoms with Gasteiger partial charge in [0.25, 0.3) is 0 Å². The van der Waals surface area contributed by atoms with Crippen molar-refractivity contribution in [2.45, 2.75) is 215 Å². The van der Waals surface area contributed by atoms with Crippen LogP contribution in [0.4, 0.5) is 4.79 Å². The fourth-order valence-corrected chi connectivity index (χ4v) is 18.0. The van der Waals surface area contributed by atoms with E-state index in [1.165, 1.54) is 11.1 Å². The molecule has 11 nitrogen and oxygen atoms in total. The topological polar surface area (TPSA) is 141 Å². The summed E-state index contributed by atoms with van der Waals surface area (Å²) in [5.74, 6) is 4.38. The molecule has 2 aromatic rings. The quantitative estimate of drug-likeness (QED) is 0.258. The number of allylic oxidation sites excluding steroid dienone is 1. The van der Waals surface area contributed by atoms with E-state index < -0.39 is 5.54 Å². The number of nitrogens with zero attached hydrogens (tertiary/aromatic N) is 4. The zero-order valence-corrected chi connectivity index (χ0v) is 44.1. The molecule has 0 radical (unpaired) electrons. The third-order valence-corrected chi connectivity index (χ3v) is 21.8. The van der Waals surface area contributed by atoms with Crippen molar-refractivity contribution in [1.82, 2.24) is 25.0 Å². The summed E-state index contributed by atoms with van der Waals surface area (Å²) in [5.41, 5.74) is 3.06. The van der Waals surface area contributed by atoms with Gasteiger partial charge >= 0.3 is 18.2 Å². The summed E-state index contributed by atoms with van der Waals surface area (Å²) in [6.07, 6.45) is 14.7. The minimum absolute atomic E-state index is 0.0000380. The van der Waals surface area contributed by atoms with Gasteiger partial charge in [-0.05, 0) is 165 Å². The van der Waals surface area contributed by atoms with Crippen LogP contribution in [0.3, 0.4) is 0 Å². The summed E-state index contributed by atoms with van der Waals surface area (Å²) < 4.78 is 9.08. The van der Waals surface area contributed by atoms with E-state index in [4.69, 9.17) is 14.3 Å². The van der Waals surface area contributed by atoms with Gasteiger partial charge in [-0.25, -0.2) is 4.79 Å². The summed E-state index contributed by atoms with van der Waals surface area (Å²) in [4.78, 5) is 62.0. The van der Waals surface area contributed by atoms with Crippen molar-refractivity contribution in [3.8, 4) is 0 Å². The number of piperidine rings is 1. The number of carbonyl (C=O) groups is 3. The predicted octanol–water partition coefficient (Wildman–Crippen LogP) is 11.6. The molecule has 11 heteroatoms. The second-order valence-electron chi connectivity index (χ2n) is 26.1. The summed E-state index contributed by atoms with van der Waals surface area (Å²) in [5, 5.41) is 12.8. The molecule has 2 aliphatic heterocycles. The second kappa shape index (κ2) is 17.6. The Kier molecular flexibility index (Phi) is 12.7. The minimum Gasteiger partial charge on any atom is -0.462 e. The Labute approximate surface area is 412 Å². The largest absolute Gasteiger partial charge is 0.462 e. The Hall–Kier alpha value is -4.11. The van der Waals surface area contributed by atoms with Gasteiger partial charge in [-0.2, -0.15) is 9.59 Å². The van der Waals surface area contributed by atoms with Gasteiger partial charge in [0.15, 0.2) is 5.78 Å². The van der Waals surface area contributed by atoms with E-state index in [1.54, 1.807) is 0 Å². The molecule has 3 heterocycles. The number of ether oxygens (including phenoxy) is 1. The minimum atomic E-state index is -0.616. The molecule has 376 valence electrons. The zero-order chi connectivity index (χ0) is 49.8. The average Bonchev–Trinajstić information content (AvgIpc) is 3.91. The van der Waals surface area contributed by atoms with Crippen LogP contribution < -0.4 is 5.32 Å². The first-order valence-electron chi connectivity index (χ1n) is 27.0. The summed E-state index contributed by atoms with van der Waals surface area (Å²) >= 11 is 0. The number of urea groups is 1. The molecule has 1 N–H and O–H groups in total. The molecule has 2 saturated heterocycles. The highest BCUT2D eigenvalue weighted by molar-refractivity contribution is 6.02. The number of benzene rings is 1. The Morgan fingerprint density at radius 2 is 1.43 bits per heavy atom. The van der Waals surface area contributed by atoms with Crippen molar-refractivity contribution in [1.29, 1.82) is 0 Å². The van der Waals surface area contributed by atoms with Gasteiger partial charge in [-0.15, -0.1) is 10.2 Å². The van der Waals surface area contributed by atoms with Crippen molar-refractivity contribution >= 4 is 23.9 Å². The van der Waals surface area contributed by atoms with Gasteiger partial charge in [0.2, 0.25) is 0 Å². The molecule has 6 aliphatic carbocycles. The highest BCUT2D eigenvalue weighted by atomic mass is 16.5. The number of fused-ring (bicyclic) bond motifs is 9. The maximum Gasteiger partial charge on any atom is 0.373 e. The van der Waals surface area contributed by atoms with Crippen LogP contribution in [0.5, 0.6) is 0 Å². The SMILES string of the molecule is Cc1nnc(C(C)C)n1C1CC2CCC(C1)N2C(=O)N[C@@]12CC[C@]3(C)[C@H](CC[C@@H]4[C@@]5(C)CC[C@H](OC(=O)[C@H]6C[C@@H](Cc7ccccc7)C6(C)C)C(C)(C)[C@@H]5CC[C@]43C)C1=C(C(C)C)C(=O)C2.O=C=O. The first-order chi connectivity index (χ1) is 32.5. The van der Waals surface area contributed by atoms with Crippen LogP contribution in [0.25, 0.3) is 0 Å². The van der Waals surface area contributed by atoms with Crippen LogP contribution in [0.2, 0.25) is 0 Å². The molecule has 0 spiro atoms. The lowest BCUT2D eigenvalue weighted by Crippen LogP contribution is -2.68. The van der Waals surface area contributed by atoms with Crippen LogP contribution in [-0.2, 0) is 30.3 Å². The summed E-state index contributed by atoms with van der Waals surface area (Å²) in [7, 11) is 0. The van der Waals surface area contributed by atoms with Crippen molar-refractivity contribution in [2.75, 3.05) is 0 Å². The number of amides is 2. The van der Waals surface area contributed by atoms with E-state index in [1.807, 2.05) is 0 Å². The lowest BCUT2D eigenvalue weighted by atomic mass is 9.33. The van der Waals surface area contributed by atoms with Gasteiger partial charge in [-0.3, -0.25) is 9.59 Å². The standard InChI is InChI=1S/C57H83N5O4.CO2/c1-33(2)47-43(63)32-57(58-51(65)62-38-18-19-39(62)31-40(30-38)61-35(5)59-60-49(61)34(3)4)27-26-55(11)41(48(47)57)20-21-45-54(10)24-23-46(53(8,9)44(54)22-25-56(45,55)12)66-50(64)42-29-37(52(42,6)7)28-36-16-14-13-15-17-36;2-1-3/h13-17,33-34,37-42,44-46H,18-32H2,1-12H3,(H,58,65);/t37-,38?,39?,40?,41-,42-,44+,45-,46+,54+,55-,56-,57-;/m1./s1. The lowest BCUT2D eigenvalue weighted by molar-refractivity contribution is -0.235. The first-order valence-corrected chi connectivity index (χ1v) is 27.0. The number of Topliss-reactive ketones (excluding diaryl/α,β-unsaturated/α-hetero) is 1. The van der Waals surface area contributed by atoms with Gasteiger partial charge in [-0.1, -0.05) is 106 Å². The molecule has 1 aromatic heterocycles. The molecule has 8 aliphatic rings. The van der Waals surface area contributed by atoms with Crippen molar-refractivity contribution in [2.24, 2.45) is 62.6 Å². The smallest absolute Gasteiger partial charge is 0.373 e. The van der Waals surface area contributed by atoms with E-state index in [-0.39, 0.29) is 87.0 Å². The molecule has 10 rings (SSSR count). The highest BCUT2D eigenvalue weighted by Gasteiger charge is 2.71. The molecule has 2 unspecified atom stereocenters. The van der Waals surface area contributed by atoms with E-state index in [2.05, 4.69) is 138 Å². The van der Waals surface area contributed by atoms with Gasteiger partial charge in [0.1, 0.15) is 17.8 Å². The molecule has 12 atom stereocenters. The number of carbonyl (C=O) groups excluding carboxylic acids is 5. The van der Waals surface area contributed by atoms with Crippen LogP contribution in [0.1, 0.15) is 195 Å². The fourth-order valence-electron chi connectivity index (χ4n) is 18.0. The Balaban J connectivity index is 0.00000193. The molecule has 7 fully saturated rings. The van der Waals surface area contributed by atoms with Gasteiger partial charge in [0, 0.05) is 35.9 Å². The lowest BCUT2D eigenvalue weighted by Gasteiger charge is -2.72. The van der Waals surface area contributed by atoms with Gasteiger partial charge < -0.3 is 19.5 Å². The number of hydrogen-bond donors (Lipinski definition) is 1. The zero-order valence-electron chi connectivity index (χ0n) is 44.1. The van der Waals surface area contributed by atoms with E-state index in [0.717, 1.165) is 107 Å². The molecule has 69 heavy (non-hydrogen) atoms. The third-order valence-electron chi connectivity index (χ3n) is 21.8. The molecule has 2 amide bonds. The molecule has 2 bridgehead atoms. The maximum absolute atomic E-state index is 15.0. The third kappa shape index (κ3) is 7.65. The highest BCUT2D eigenvalue weighted by Crippen LogP contribution is 2.76. The van der Waals surface area contributed by atoms with Crippen molar-refractivity contribution in [3.05, 3.63) is 58.7 Å². The molecular formula is C58H83N5O6. The van der Waals surface area contributed by atoms with Crippen LogP contribution >= 0.6 is 0 Å². The van der Waals surface area contributed by atoms with E-state index >= 15 is 0 Å². The number of esters is 1. The molecular weight excluding hydrogens is 863 g/mol. The van der Waals surface area contributed by atoms with Crippen molar-refractivity contribution < 1.29 is 28.7 Å². The fraction of sp³-hybridized carbons (Fsp3) is 0.759. The average molecular weight is 946 g/mol. The van der Waals surface area contributed by atoms with Gasteiger partial charge in [0.05, 0.1) is 11.5 Å². The predicted molar refractivity (Wildman–Crippen MR) is 264 cm³/mol. The normalized spacial score (nSPS) is 39.2. The number of ketones is 1. The van der Waals surface area contributed by atoms with E-state index in [0.29, 0.717) is 36.1 Å². The molecule has 5 saturated carbocycles. The number of hydrogen-bond acceptors (Lipinski definition) is 8. The van der Waals surface area contributed by atoms with Crippen LogP contribution in [0.15, 0.2) is 41.5 Å². The number of rotatable bonds is 8. The second-order valence-corrected chi connectivity index (χ2v) is 26.1. The van der Waals surface area contributed by atoms with Crippen LogP contribution in [-0.4, -0.2) is 67.3 Å². The molecule has 1 aromatic carbocycles.